The summed E-state index contributed by atoms with van der Waals surface area (Å²) >= 11 is 0. The standard InChI is InChI=1S/2C13H29O2PSi.C13H27O2PSi.C7H13O2P.2C6H14NO2P.2C6H13O3P/c3*1-13(2,3)17(6,7)15-11-8-9-12(10-11)16(4,5)14;1-10(2,9)7-4-3-6(8)5-7;4*1-10(8,9)6-3-2-5(7)4-6/h2*11-12H,8-10H2,1-7H3;10-11H,8-9H2,1-7H3;5-6,8H,3-4H2,1-2H3;2*5-6H,2-4,7H2,1H3,(H,8,9);2*5-7H,2-4H2,1H3,(H,8,9)/t2*11-,12+;;;2*5-,6-;2*5-,6+/m10..1010/s1. The topological polar surface area (TPSA) is 358 Å². The van der Waals surface area contributed by atoms with E-state index in [4.69, 9.17) is 59.6 Å². The molecule has 0 aromatic rings. The highest BCUT2D eigenvalue weighted by molar-refractivity contribution is 7.67. The third-order valence-electron chi connectivity index (χ3n) is 23.1. The molecule has 31 heteroatoms. The largest absolute Gasteiger partial charge is 0.414 e. The van der Waals surface area contributed by atoms with Crippen molar-refractivity contribution in [1.29, 1.82) is 0 Å². The first kappa shape index (κ1) is 101. The lowest BCUT2D eigenvalue weighted by atomic mass is 10.2. The number of aliphatic hydroxyl groups excluding tert-OH is 3. The molecule has 101 heavy (non-hydrogen) atoms. The fraction of sp³-hybridized carbons (Fsp3) is 0.943. The van der Waals surface area contributed by atoms with Crippen LogP contribution in [0.1, 0.15) is 204 Å². The van der Waals surface area contributed by atoms with Gasteiger partial charge in [-0.25, -0.2) is 0 Å². The molecule has 0 radical (unpaired) electrons. The molecule has 0 spiro atoms. The number of hydrogen-bond donors (Lipinski definition) is 9. The van der Waals surface area contributed by atoms with Crippen LogP contribution < -0.4 is 11.5 Å². The summed E-state index contributed by atoms with van der Waals surface area (Å²) in [5, 5.41) is 30.0. The van der Waals surface area contributed by atoms with Crippen LogP contribution in [0.3, 0.4) is 0 Å². The zero-order chi connectivity index (χ0) is 79.3. The predicted octanol–water partition coefficient (Wildman–Crippen LogP) is 18.6. The minimum Gasteiger partial charge on any atom is -0.414 e. The van der Waals surface area contributed by atoms with Crippen LogP contribution in [0.15, 0.2) is 22.8 Å². The molecule has 0 saturated heterocycles. The van der Waals surface area contributed by atoms with Gasteiger partial charge in [-0.2, -0.15) is 0 Å². The van der Waals surface area contributed by atoms with E-state index in [0.29, 0.717) is 62.1 Å². The molecule has 8 aliphatic carbocycles. The van der Waals surface area contributed by atoms with Crippen LogP contribution in [-0.2, 0) is 49.8 Å². The number of rotatable bonds is 14. The molecule has 8 aliphatic rings. The lowest BCUT2D eigenvalue weighted by molar-refractivity contribution is 0.182. The summed E-state index contributed by atoms with van der Waals surface area (Å²) < 4.78 is 111. The van der Waals surface area contributed by atoms with E-state index in [1.165, 1.54) is 26.7 Å². The first-order chi connectivity index (χ1) is 44.8. The maximum atomic E-state index is 12.1. The summed E-state index contributed by atoms with van der Waals surface area (Å²) in [4.78, 5) is 36.4. The quantitative estimate of drug-likeness (QED) is 0.0576. The molecule has 11 N–H and O–H groups in total. The van der Waals surface area contributed by atoms with Gasteiger partial charge in [-0.3, -0.25) is 18.3 Å². The van der Waals surface area contributed by atoms with E-state index in [1.54, 1.807) is 19.4 Å². The minimum absolute atomic E-state index is 0.0255. The van der Waals surface area contributed by atoms with Gasteiger partial charge in [-0.05, 0) is 266 Å². The third kappa shape index (κ3) is 37.6. The molecule has 6 unspecified atom stereocenters. The normalized spacial score (nSPS) is 31.4. The summed E-state index contributed by atoms with van der Waals surface area (Å²) in [6, 6.07) is 0.316. The summed E-state index contributed by atoms with van der Waals surface area (Å²) in [5.41, 5.74) is 11.6. The van der Waals surface area contributed by atoms with Crippen molar-refractivity contribution in [3.05, 3.63) is 22.8 Å². The van der Waals surface area contributed by atoms with Crippen molar-refractivity contribution in [2.75, 3.05) is 80.0 Å². The Morgan fingerprint density at radius 2 is 0.624 bits per heavy atom. The van der Waals surface area contributed by atoms with Crippen molar-refractivity contribution in [2.24, 2.45) is 11.5 Å². The lowest BCUT2D eigenvalue weighted by Gasteiger charge is -2.38. The van der Waals surface area contributed by atoms with Gasteiger partial charge >= 0.3 is 0 Å². The summed E-state index contributed by atoms with van der Waals surface area (Å²) in [6.07, 6.45) is 22.3. The average molecular weight is 1640 g/mol. The van der Waals surface area contributed by atoms with E-state index >= 15 is 0 Å². The van der Waals surface area contributed by atoms with Crippen molar-refractivity contribution in [1.82, 2.24) is 0 Å². The van der Waals surface area contributed by atoms with Crippen LogP contribution in [0.5, 0.6) is 0 Å². The highest BCUT2D eigenvalue weighted by Gasteiger charge is 2.45. The molecular formula is C70H152N2O18P8Si3. The van der Waals surface area contributed by atoms with Crippen LogP contribution in [0, 0.1) is 0 Å². The van der Waals surface area contributed by atoms with Gasteiger partial charge in [0.1, 0.15) is 14.3 Å². The van der Waals surface area contributed by atoms with Gasteiger partial charge in [0.25, 0.3) is 0 Å². The van der Waals surface area contributed by atoms with Crippen LogP contribution in [0.2, 0.25) is 54.4 Å². The molecule has 0 heterocycles. The van der Waals surface area contributed by atoms with Crippen LogP contribution in [0.25, 0.3) is 0 Å². The van der Waals surface area contributed by atoms with Crippen molar-refractivity contribution < 1.29 is 84.7 Å². The fourth-order valence-electron chi connectivity index (χ4n) is 12.9. The van der Waals surface area contributed by atoms with E-state index in [2.05, 4.69) is 108 Å². The summed E-state index contributed by atoms with van der Waals surface area (Å²) in [6.45, 7) is 54.7. The Balaban J connectivity index is 0.000000584. The van der Waals surface area contributed by atoms with Crippen LogP contribution >= 0.6 is 58.0 Å². The highest BCUT2D eigenvalue weighted by Crippen LogP contribution is 2.57. The Hall–Kier alpha value is 1.49. The van der Waals surface area contributed by atoms with Crippen molar-refractivity contribution >= 4 is 83.0 Å². The predicted molar refractivity (Wildman–Crippen MR) is 441 cm³/mol. The monoisotopic (exact) mass is 1640 g/mol. The SMILES string of the molecule is CC(C)(C)[Si](C)(C)OC1C=C(P(C)(C)=O)CC1.CC(C)(C)[Si](C)(C)O[C@@H]1CC[C@H](P(C)(C)=O)C1.CC(C)(C)[Si](C)(C)O[C@H]1CC[C@@H](P(C)(C)=O)C1.CP(=O)(O)[C@@H]1CC[C@@H](N)C1.CP(=O)(O)[C@@H]1CC[C@H](O)C1.CP(=O)(O)[C@H]1CC[C@@H](O)C1.CP(=O)(O)[C@H]1CC[C@H](N)C1.CP(C)(=O)C1=CC(O)CC1. The zero-order valence-corrected chi connectivity index (χ0v) is 78.3. The number of nitrogens with two attached hydrogens (primary N) is 2. The molecule has 602 valence electrons. The maximum Gasteiger partial charge on any atom is 0.200 e. The number of allylic oxidation sites excluding steroid dienone is 2. The smallest absolute Gasteiger partial charge is 0.200 e. The van der Waals surface area contributed by atoms with Crippen LogP contribution in [0.4, 0.5) is 0 Å². The second-order valence-electron chi connectivity index (χ2n) is 37.3. The molecule has 6 saturated carbocycles. The summed E-state index contributed by atoms with van der Waals surface area (Å²) in [5.74, 6) is 0. The van der Waals surface area contributed by atoms with E-state index in [0.717, 1.165) is 113 Å². The average Bonchev–Trinajstić information content (AvgIpc) is 1.78. The summed E-state index contributed by atoms with van der Waals surface area (Å²) in [7, 11) is -24.4. The van der Waals surface area contributed by atoms with Gasteiger partial charge in [0.2, 0.25) is 29.5 Å². The van der Waals surface area contributed by atoms with Crippen molar-refractivity contribution in [2.45, 2.75) is 341 Å². The maximum absolute atomic E-state index is 12.1. The third-order valence-corrected chi connectivity index (χ3v) is 52.0. The molecule has 0 aromatic carbocycles. The molecule has 18 atom stereocenters. The Morgan fingerprint density at radius 1 is 0.356 bits per heavy atom. The van der Waals surface area contributed by atoms with Gasteiger partial charge < -0.3 is 77.9 Å². The molecule has 8 rings (SSSR count). The van der Waals surface area contributed by atoms with E-state index in [9.17, 15) is 36.5 Å². The van der Waals surface area contributed by atoms with Gasteiger partial charge in [0, 0.05) is 84.9 Å². The van der Waals surface area contributed by atoms with Crippen molar-refractivity contribution in [3.63, 3.8) is 0 Å². The number of aliphatic hydroxyl groups is 3. The Bertz CT molecular complexity index is 2810. The Labute approximate surface area is 618 Å². The van der Waals surface area contributed by atoms with Gasteiger partial charge in [0.05, 0.1) is 38.7 Å². The van der Waals surface area contributed by atoms with E-state index in [-0.39, 0.29) is 74.3 Å². The fourth-order valence-corrected chi connectivity index (χ4v) is 27.5. The van der Waals surface area contributed by atoms with Crippen LogP contribution in [-0.4, -0.2) is 222 Å². The molecule has 0 aromatic heterocycles. The molecule has 0 bridgehead atoms. The Kier molecular flexibility index (Phi) is 39.6. The highest BCUT2D eigenvalue weighted by atomic mass is 31.2. The molecule has 0 aliphatic heterocycles. The lowest BCUT2D eigenvalue weighted by Crippen LogP contribution is -2.43. The van der Waals surface area contributed by atoms with Crippen molar-refractivity contribution in [3.8, 4) is 0 Å². The molecular weight excluding hydrogens is 1490 g/mol. The van der Waals surface area contributed by atoms with Gasteiger partial charge in [-0.15, -0.1) is 0 Å². The Morgan fingerprint density at radius 3 is 0.802 bits per heavy atom. The van der Waals surface area contributed by atoms with Gasteiger partial charge in [-0.1, -0.05) is 68.4 Å². The molecule has 20 nitrogen and oxygen atoms in total. The number of hydrogen-bond acceptors (Lipinski definition) is 16. The van der Waals surface area contributed by atoms with E-state index < -0.39 is 83.0 Å². The zero-order valence-electron chi connectivity index (χ0n) is 68.1. The van der Waals surface area contributed by atoms with Gasteiger partial charge in [0.15, 0.2) is 25.0 Å². The second-order valence-corrected chi connectivity index (χ2v) is 75.8. The first-order valence-electron chi connectivity index (χ1n) is 37.2. The molecule has 6 fully saturated rings. The second kappa shape index (κ2) is 39.8. The molecule has 0 amide bonds. The van der Waals surface area contributed by atoms with E-state index in [1.807, 2.05) is 40.0 Å². The first-order valence-corrected chi connectivity index (χ1v) is 65.2. The minimum atomic E-state index is -2.91.